The van der Waals surface area contributed by atoms with E-state index in [-0.39, 0.29) is 11.9 Å². The lowest BCUT2D eigenvalue weighted by Crippen LogP contribution is -2.41. The number of amides is 1. The number of carbonyl (C=O) groups is 1. The monoisotopic (exact) mass is 389 g/mol. The van der Waals surface area contributed by atoms with E-state index < -0.39 is 11.9 Å². The molecule has 1 aliphatic heterocycles. The van der Waals surface area contributed by atoms with Gasteiger partial charge in [0.25, 0.3) is 5.91 Å². The number of ether oxygens (including phenoxy) is 1. The molecule has 142 valence electrons. The zero-order valence-corrected chi connectivity index (χ0v) is 16.3. The van der Waals surface area contributed by atoms with Crippen LogP contribution in [0.1, 0.15) is 29.2 Å². The zero-order valence-electron chi connectivity index (χ0n) is 15.6. The van der Waals surface area contributed by atoms with Crippen LogP contribution in [-0.4, -0.2) is 30.2 Å². The van der Waals surface area contributed by atoms with Crippen molar-refractivity contribution in [3.8, 4) is 5.75 Å². The fraction of sp³-hybridized carbons (Fsp3) is 0.300. The number of hydrogen-bond acceptors (Lipinski definition) is 4. The fourth-order valence-electron chi connectivity index (χ4n) is 3.31. The molecule has 2 N–H and O–H groups in total. The van der Waals surface area contributed by atoms with Crippen LogP contribution < -0.4 is 10.5 Å². The minimum absolute atomic E-state index is 0.119. The highest BCUT2D eigenvalue weighted by Gasteiger charge is 2.49. The second-order valence-electron chi connectivity index (χ2n) is 6.70. The normalized spacial score (nSPS) is 20.6. The molecule has 1 amide bonds. The van der Waals surface area contributed by atoms with E-state index in [0.717, 1.165) is 5.56 Å². The highest BCUT2D eigenvalue weighted by atomic mass is 35.5. The van der Waals surface area contributed by atoms with E-state index in [1.807, 2.05) is 13.0 Å². The smallest absolute Gasteiger partial charge is 0.266 e. The lowest BCUT2D eigenvalue weighted by molar-refractivity contribution is -0.129. The van der Waals surface area contributed by atoms with Crippen LogP contribution in [0.5, 0.6) is 5.75 Å². The number of aryl methyl sites for hydroxylation is 2. The molecule has 27 heavy (non-hydrogen) atoms. The van der Waals surface area contributed by atoms with Crippen LogP contribution in [0.2, 0.25) is 5.02 Å². The lowest BCUT2D eigenvalue weighted by Gasteiger charge is -2.27. The van der Waals surface area contributed by atoms with Gasteiger partial charge in [-0.05, 0) is 60.4 Å². The molecule has 0 aliphatic carbocycles. The molecule has 0 fully saturated rings. The molecule has 2 aromatic rings. The van der Waals surface area contributed by atoms with Gasteiger partial charge in [-0.15, -0.1) is 0 Å². The van der Waals surface area contributed by atoms with E-state index in [2.05, 4.69) is 4.99 Å². The van der Waals surface area contributed by atoms with E-state index in [4.69, 9.17) is 22.1 Å². The molecule has 0 aromatic heterocycles. The SMILES string of the molecule is Cc1cc(Cl)cc(C2(c3ccc(OC(C)F)c(C)c3)N=C(N)N(C)C2=O)c1. The Labute approximate surface area is 162 Å². The maximum atomic E-state index is 13.2. The summed E-state index contributed by atoms with van der Waals surface area (Å²) in [6.07, 6.45) is -1.44. The lowest BCUT2D eigenvalue weighted by atomic mass is 9.81. The number of nitrogens with zero attached hydrogens (tertiary/aromatic N) is 2. The summed E-state index contributed by atoms with van der Waals surface area (Å²) in [6, 6.07) is 10.5. The molecule has 0 bridgehead atoms. The summed E-state index contributed by atoms with van der Waals surface area (Å²) >= 11 is 6.25. The summed E-state index contributed by atoms with van der Waals surface area (Å²) in [5.74, 6) is 0.239. The molecular formula is C20H21ClFN3O2. The Morgan fingerprint density at radius 1 is 1.22 bits per heavy atom. The quantitative estimate of drug-likeness (QED) is 0.867. The number of nitrogens with two attached hydrogens (primary N) is 1. The Morgan fingerprint density at radius 2 is 1.93 bits per heavy atom. The van der Waals surface area contributed by atoms with Crippen LogP contribution in [0.15, 0.2) is 41.4 Å². The first kappa shape index (κ1) is 19.2. The second-order valence-corrected chi connectivity index (χ2v) is 7.14. The summed E-state index contributed by atoms with van der Waals surface area (Å²) < 4.78 is 18.4. The van der Waals surface area contributed by atoms with Crippen LogP contribution in [0.4, 0.5) is 4.39 Å². The van der Waals surface area contributed by atoms with Crippen molar-refractivity contribution < 1.29 is 13.9 Å². The van der Waals surface area contributed by atoms with Crippen molar-refractivity contribution in [2.24, 2.45) is 10.7 Å². The van der Waals surface area contributed by atoms with E-state index in [9.17, 15) is 9.18 Å². The van der Waals surface area contributed by atoms with Gasteiger partial charge >= 0.3 is 0 Å². The second kappa shape index (κ2) is 6.85. The number of aliphatic imine (C=N–C) groups is 1. The molecule has 1 aliphatic rings. The first-order chi connectivity index (χ1) is 12.6. The Bertz CT molecular complexity index is 925. The Balaban J connectivity index is 2.24. The third kappa shape index (κ3) is 3.25. The first-order valence-corrected chi connectivity index (χ1v) is 8.86. The molecule has 2 unspecified atom stereocenters. The van der Waals surface area contributed by atoms with Crippen LogP contribution in [0, 0.1) is 13.8 Å². The molecule has 0 saturated heterocycles. The van der Waals surface area contributed by atoms with Gasteiger partial charge in [0.05, 0.1) is 0 Å². The first-order valence-electron chi connectivity index (χ1n) is 8.48. The van der Waals surface area contributed by atoms with Crippen molar-refractivity contribution in [1.29, 1.82) is 0 Å². The van der Waals surface area contributed by atoms with Crippen molar-refractivity contribution in [1.82, 2.24) is 4.90 Å². The van der Waals surface area contributed by atoms with Gasteiger partial charge < -0.3 is 10.5 Å². The Kier molecular flexibility index (Phi) is 4.86. The topological polar surface area (TPSA) is 67.9 Å². The summed E-state index contributed by atoms with van der Waals surface area (Å²) in [7, 11) is 1.58. The summed E-state index contributed by atoms with van der Waals surface area (Å²) in [5.41, 5.74) is 7.45. The van der Waals surface area contributed by atoms with Gasteiger partial charge in [0.1, 0.15) is 5.75 Å². The van der Waals surface area contributed by atoms with Crippen LogP contribution >= 0.6 is 11.6 Å². The predicted octanol–water partition coefficient (Wildman–Crippen LogP) is 3.68. The Morgan fingerprint density at radius 3 is 2.44 bits per heavy atom. The minimum Gasteiger partial charge on any atom is -0.460 e. The highest BCUT2D eigenvalue weighted by molar-refractivity contribution is 6.30. The van der Waals surface area contributed by atoms with Gasteiger partial charge in [0.2, 0.25) is 6.36 Å². The maximum Gasteiger partial charge on any atom is 0.266 e. The van der Waals surface area contributed by atoms with Gasteiger partial charge in [-0.2, -0.15) is 0 Å². The average molecular weight is 390 g/mol. The molecule has 0 radical (unpaired) electrons. The molecule has 7 heteroatoms. The Hall–Kier alpha value is -2.60. The van der Waals surface area contributed by atoms with Gasteiger partial charge in [-0.25, -0.2) is 9.38 Å². The number of halogens is 2. The van der Waals surface area contributed by atoms with Crippen molar-refractivity contribution >= 4 is 23.5 Å². The highest BCUT2D eigenvalue weighted by Crippen LogP contribution is 2.41. The van der Waals surface area contributed by atoms with Gasteiger partial charge in [0, 0.05) is 19.0 Å². The number of alkyl halides is 1. The van der Waals surface area contributed by atoms with Gasteiger partial charge in [0.15, 0.2) is 11.5 Å². The third-order valence-electron chi connectivity index (χ3n) is 4.58. The van der Waals surface area contributed by atoms with E-state index >= 15 is 0 Å². The molecular weight excluding hydrogens is 369 g/mol. The number of guanidine groups is 1. The van der Waals surface area contributed by atoms with Crippen molar-refractivity contribution in [2.75, 3.05) is 7.05 Å². The van der Waals surface area contributed by atoms with Crippen LogP contribution in [0.25, 0.3) is 0 Å². The molecule has 3 rings (SSSR count). The minimum atomic E-state index is -1.44. The van der Waals surface area contributed by atoms with Crippen LogP contribution in [-0.2, 0) is 10.3 Å². The summed E-state index contributed by atoms with van der Waals surface area (Å²) in [6.45, 7) is 4.99. The number of likely N-dealkylation sites (N-methyl/N-ethyl adjacent to an activating group) is 1. The standard InChI is InChI=1S/C20H21ClFN3O2/c1-11-7-15(10-16(21)8-11)20(18(26)25(4)19(23)24-20)14-5-6-17(12(2)9-14)27-13(3)22/h5-10,13H,1-4H3,(H2,23,24). The fourth-order valence-corrected chi connectivity index (χ4v) is 3.60. The molecule has 1 heterocycles. The molecule has 0 saturated carbocycles. The maximum absolute atomic E-state index is 13.2. The average Bonchev–Trinajstić information content (AvgIpc) is 2.80. The molecule has 0 spiro atoms. The van der Waals surface area contributed by atoms with Crippen molar-refractivity contribution in [2.45, 2.75) is 32.7 Å². The van der Waals surface area contributed by atoms with Crippen molar-refractivity contribution in [3.05, 3.63) is 63.7 Å². The predicted molar refractivity (Wildman–Crippen MR) is 104 cm³/mol. The van der Waals surface area contributed by atoms with Crippen LogP contribution in [0.3, 0.4) is 0 Å². The number of hydrogen-bond donors (Lipinski definition) is 1. The molecule has 2 atom stereocenters. The van der Waals surface area contributed by atoms with Gasteiger partial charge in [-0.3, -0.25) is 9.69 Å². The molecule has 2 aromatic carbocycles. The number of carbonyl (C=O) groups excluding carboxylic acids is 1. The zero-order chi connectivity index (χ0) is 19.9. The number of benzene rings is 2. The number of rotatable bonds is 4. The van der Waals surface area contributed by atoms with E-state index in [1.165, 1.54) is 11.8 Å². The molecule has 5 nitrogen and oxygen atoms in total. The summed E-state index contributed by atoms with van der Waals surface area (Å²) in [5, 5.41) is 0.503. The largest absolute Gasteiger partial charge is 0.460 e. The van der Waals surface area contributed by atoms with Crippen molar-refractivity contribution in [3.63, 3.8) is 0 Å². The van der Waals surface area contributed by atoms with E-state index in [1.54, 1.807) is 44.3 Å². The van der Waals surface area contributed by atoms with Gasteiger partial charge in [-0.1, -0.05) is 23.7 Å². The summed E-state index contributed by atoms with van der Waals surface area (Å²) in [4.78, 5) is 19.1. The van der Waals surface area contributed by atoms with E-state index in [0.29, 0.717) is 27.5 Å². The third-order valence-corrected chi connectivity index (χ3v) is 4.80.